The first-order valence-corrected chi connectivity index (χ1v) is 7.50. The third-order valence-electron chi connectivity index (χ3n) is 2.88. The fraction of sp³-hybridized carbons (Fsp3) is 0.312. The molecule has 0 bridgehead atoms. The van der Waals surface area contributed by atoms with Gasteiger partial charge in [0.15, 0.2) is 6.10 Å². The molecule has 0 N–H and O–H groups in total. The molecular weight excluding hydrogens is 348 g/mol. The fourth-order valence-electron chi connectivity index (χ4n) is 1.67. The number of halogens is 1. The molecule has 0 saturated carbocycles. The van der Waals surface area contributed by atoms with Gasteiger partial charge in [-0.1, -0.05) is 34.1 Å². The van der Waals surface area contributed by atoms with Crippen molar-refractivity contribution in [2.75, 3.05) is 13.6 Å². The first-order chi connectivity index (χ1) is 10.5. The molecular formula is C16H17BrN2O3. The van der Waals surface area contributed by atoms with Crippen molar-refractivity contribution >= 4 is 33.9 Å². The molecule has 0 aliphatic rings. The van der Waals surface area contributed by atoms with Gasteiger partial charge in [0.2, 0.25) is 0 Å². The van der Waals surface area contributed by atoms with Crippen LogP contribution in [0.15, 0.2) is 34.8 Å². The van der Waals surface area contributed by atoms with Crippen LogP contribution in [0.3, 0.4) is 0 Å². The zero-order valence-corrected chi connectivity index (χ0v) is 14.0. The largest absolute Gasteiger partial charge is 0.449 e. The van der Waals surface area contributed by atoms with Crippen molar-refractivity contribution in [3.05, 3.63) is 40.4 Å². The third-order valence-corrected chi connectivity index (χ3v) is 3.60. The van der Waals surface area contributed by atoms with Gasteiger partial charge in [-0.3, -0.25) is 4.79 Å². The number of esters is 1. The quantitative estimate of drug-likeness (QED) is 0.574. The Morgan fingerprint density at radius 1 is 1.45 bits per heavy atom. The van der Waals surface area contributed by atoms with Gasteiger partial charge in [0.05, 0.1) is 12.5 Å². The summed E-state index contributed by atoms with van der Waals surface area (Å²) >= 11 is 3.37. The Hall–Kier alpha value is -2.13. The molecule has 5 nitrogen and oxygen atoms in total. The second-order valence-corrected chi connectivity index (χ2v) is 5.46. The summed E-state index contributed by atoms with van der Waals surface area (Å²) in [7, 11) is 1.57. The maximum atomic E-state index is 11.9. The summed E-state index contributed by atoms with van der Waals surface area (Å²) in [4.78, 5) is 25.0. The van der Waals surface area contributed by atoms with Crippen LogP contribution in [0.1, 0.15) is 18.9 Å². The SMILES string of the molecule is C[C@@H](OC(=O)/C=C/c1ccccc1Br)C(=O)N(C)CCC#N. The van der Waals surface area contributed by atoms with Crippen LogP contribution in [0, 0.1) is 11.3 Å². The summed E-state index contributed by atoms with van der Waals surface area (Å²) in [5.41, 5.74) is 0.838. The molecule has 0 fully saturated rings. The molecule has 116 valence electrons. The van der Waals surface area contributed by atoms with Gasteiger partial charge in [0, 0.05) is 24.1 Å². The lowest BCUT2D eigenvalue weighted by Crippen LogP contribution is -2.37. The Morgan fingerprint density at radius 2 is 2.14 bits per heavy atom. The number of rotatable bonds is 6. The van der Waals surface area contributed by atoms with Crippen LogP contribution in [0.5, 0.6) is 0 Å². The molecule has 0 heterocycles. The van der Waals surface area contributed by atoms with Crippen LogP contribution in [-0.2, 0) is 14.3 Å². The number of amides is 1. The van der Waals surface area contributed by atoms with E-state index in [9.17, 15) is 9.59 Å². The summed E-state index contributed by atoms with van der Waals surface area (Å²) in [6.07, 6.45) is 2.24. The Bertz CT molecular complexity index is 608. The number of hydrogen-bond acceptors (Lipinski definition) is 4. The molecule has 0 saturated heterocycles. The zero-order valence-electron chi connectivity index (χ0n) is 12.5. The molecule has 6 heteroatoms. The van der Waals surface area contributed by atoms with Crippen molar-refractivity contribution in [3.8, 4) is 6.07 Å². The average Bonchev–Trinajstić information content (AvgIpc) is 2.50. The first kappa shape index (κ1) is 17.9. The van der Waals surface area contributed by atoms with Crippen molar-refractivity contribution in [1.82, 2.24) is 4.90 Å². The molecule has 1 atom stereocenters. The summed E-state index contributed by atoms with van der Waals surface area (Å²) in [5, 5.41) is 8.50. The number of benzene rings is 1. The molecule has 1 aromatic rings. The lowest BCUT2D eigenvalue weighted by Gasteiger charge is -2.19. The number of ether oxygens (including phenoxy) is 1. The van der Waals surface area contributed by atoms with Crippen LogP contribution < -0.4 is 0 Å². The van der Waals surface area contributed by atoms with Crippen molar-refractivity contribution in [3.63, 3.8) is 0 Å². The van der Waals surface area contributed by atoms with Gasteiger partial charge in [0.1, 0.15) is 0 Å². The van der Waals surface area contributed by atoms with E-state index in [1.165, 1.54) is 17.9 Å². The Balaban J connectivity index is 2.56. The summed E-state index contributed by atoms with van der Waals surface area (Å²) < 4.78 is 5.92. The van der Waals surface area contributed by atoms with Gasteiger partial charge >= 0.3 is 5.97 Å². The van der Waals surface area contributed by atoms with Crippen LogP contribution in [-0.4, -0.2) is 36.5 Å². The predicted octanol–water partition coefficient (Wildman–Crippen LogP) is 2.77. The first-order valence-electron chi connectivity index (χ1n) is 6.71. The van der Waals surface area contributed by atoms with Gasteiger partial charge in [-0.25, -0.2) is 4.79 Å². The minimum atomic E-state index is -0.889. The number of nitriles is 1. The Morgan fingerprint density at radius 3 is 2.77 bits per heavy atom. The molecule has 1 aromatic carbocycles. The van der Waals surface area contributed by atoms with E-state index >= 15 is 0 Å². The van der Waals surface area contributed by atoms with E-state index in [0.717, 1.165) is 10.0 Å². The van der Waals surface area contributed by atoms with E-state index in [1.54, 1.807) is 13.1 Å². The highest BCUT2D eigenvalue weighted by Crippen LogP contribution is 2.17. The fourth-order valence-corrected chi connectivity index (χ4v) is 2.09. The van der Waals surface area contributed by atoms with E-state index in [1.807, 2.05) is 30.3 Å². The molecule has 0 aliphatic heterocycles. The minimum Gasteiger partial charge on any atom is -0.449 e. The summed E-state index contributed by atoms with van der Waals surface area (Å²) in [6.45, 7) is 1.82. The van der Waals surface area contributed by atoms with Crippen LogP contribution in [0.25, 0.3) is 6.08 Å². The number of nitrogens with zero attached hydrogens (tertiary/aromatic N) is 2. The van der Waals surface area contributed by atoms with Crippen LogP contribution in [0.2, 0.25) is 0 Å². The molecule has 0 spiro atoms. The van der Waals surface area contributed by atoms with Crippen molar-refractivity contribution in [1.29, 1.82) is 5.26 Å². The topological polar surface area (TPSA) is 70.4 Å². The maximum absolute atomic E-state index is 11.9. The Labute approximate surface area is 138 Å². The second-order valence-electron chi connectivity index (χ2n) is 4.60. The molecule has 1 rings (SSSR count). The van der Waals surface area contributed by atoms with E-state index in [-0.39, 0.29) is 12.3 Å². The molecule has 22 heavy (non-hydrogen) atoms. The van der Waals surface area contributed by atoms with Crippen LogP contribution in [0.4, 0.5) is 0 Å². The van der Waals surface area contributed by atoms with Crippen molar-refractivity contribution in [2.45, 2.75) is 19.4 Å². The van der Waals surface area contributed by atoms with E-state index in [2.05, 4.69) is 15.9 Å². The van der Waals surface area contributed by atoms with Crippen molar-refractivity contribution in [2.24, 2.45) is 0 Å². The highest BCUT2D eigenvalue weighted by molar-refractivity contribution is 9.10. The van der Waals surface area contributed by atoms with Crippen molar-refractivity contribution < 1.29 is 14.3 Å². The highest BCUT2D eigenvalue weighted by atomic mass is 79.9. The van der Waals surface area contributed by atoms with Gasteiger partial charge in [0.25, 0.3) is 5.91 Å². The standard InChI is InChI=1S/C16H17BrN2O3/c1-12(16(21)19(2)11-5-10-18)22-15(20)9-8-13-6-3-4-7-14(13)17/h3-4,6-9,12H,5,11H2,1-2H3/b9-8+/t12-/m1/s1. The summed E-state index contributed by atoms with van der Waals surface area (Å²) in [6, 6.07) is 9.39. The predicted molar refractivity (Wildman–Crippen MR) is 86.6 cm³/mol. The average molecular weight is 365 g/mol. The molecule has 1 amide bonds. The lowest BCUT2D eigenvalue weighted by molar-refractivity contribution is -0.154. The minimum absolute atomic E-state index is 0.241. The van der Waals surface area contributed by atoms with Crippen LogP contribution >= 0.6 is 15.9 Å². The van der Waals surface area contributed by atoms with Gasteiger partial charge < -0.3 is 9.64 Å². The van der Waals surface area contributed by atoms with Gasteiger partial charge in [-0.05, 0) is 24.6 Å². The van der Waals surface area contributed by atoms with E-state index < -0.39 is 12.1 Å². The summed E-state index contributed by atoms with van der Waals surface area (Å²) in [5.74, 6) is -0.928. The highest BCUT2D eigenvalue weighted by Gasteiger charge is 2.20. The lowest BCUT2D eigenvalue weighted by atomic mass is 10.2. The van der Waals surface area contributed by atoms with Gasteiger partial charge in [-0.15, -0.1) is 0 Å². The molecule has 0 aliphatic carbocycles. The zero-order chi connectivity index (χ0) is 16.5. The second kappa shape index (κ2) is 9.00. The smallest absolute Gasteiger partial charge is 0.331 e. The number of carbonyl (C=O) groups excluding carboxylic acids is 2. The normalized spacial score (nSPS) is 11.7. The maximum Gasteiger partial charge on any atom is 0.331 e. The number of likely N-dealkylation sites (N-methyl/N-ethyl adjacent to an activating group) is 1. The molecule has 0 aromatic heterocycles. The van der Waals surface area contributed by atoms with E-state index in [4.69, 9.17) is 10.00 Å². The number of carbonyl (C=O) groups is 2. The monoisotopic (exact) mass is 364 g/mol. The van der Waals surface area contributed by atoms with E-state index in [0.29, 0.717) is 6.54 Å². The third kappa shape index (κ3) is 5.70. The number of hydrogen-bond donors (Lipinski definition) is 0. The van der Waals surface area contributed by atoms with Gasteiger partial charge in [-0.2, -0.15) is 5.26 Å². The molecule has 0 radical (unpaired) electrons. The Kier molecular flexibility index (Phi) is 7.33. The molecule has 0 unspecified atom stereocenters.